The number of aryl methyl sites for hydroxylation is 2. The lowest BCUT2D eigenvalue weighted by atomic mass is 9.99. The highest BCUT2D eigenvalue weighted by atomic mass is 32.2. The molecule has 3 aliphatic rings. The van der Waals surface area contributed by atoms with Crippen molar-refractivity contribution in [1.29, 1.82) is 0 Å². The first-order valence-electron chi connectivity index (χ1n) is 10.0. The van der Waals surface area contributed by atoms with Crippen molar-refractivity contribution in [2.75, 3.05) is 24.2 Å². The van der Waals surface area contributed by atoms with Gasteiger partial charge in [-0.1, -0.05) is 6.07 Å². The molecule has 1 aromatic carbocycles. The number of carbonyl (C=O) groups excluding carboxylic acids is 1. The molecular formula is C20H29N3O3S. The second kappa shape index (κ2) is 7.09. The third-order valence-electron chi connectivity index (χ3n) is 6.13. The van der Waals surface area contributed by atoms with E-state index in [9.17, 15) is 13.2 Å². The zero-order valence-corrected chi connectivity index (χ0v) is 17.0. The molecule has 2 aliphatic carbocycles. The van der Waals surface area contributed by atoms with E-state index in [1.54, 1.807) is 0 Å². The van der Waals surface area contributed by atoms with Gasteiger partial charge in [0.1, 0.15) is 0 Å². The van der Waals surface area contributed by atoms with Crippen molar-refractivity contribution in [3.05, 3.63) is 28.3 Å². The van der Waals surface area contributed by atoms with Crippen molar-refractivity contribution in [2.45, 2.75) is 58.4 Å². The topological polar surface area (TPSA) is 78.5 Å². The number of nitrogens with one attached hydrogen (secondary N) is 2. The summed E-state index contributed by atoms with van der Waals surface area (Å²) in [6, 6.07) is 2.11. The van der Waals surface area contributed by atoms with Crippen LogP contribution >= 0.6 is 0 Å². The Kier molecular flexibility index (Phi) is 4.93. The summed E-state index contributed by atoms with van der Waals surface area (Å²) >= 11 is 0. The standard InChI is InChI=1S/C20H29N3O3S/c1-13(2)23-10-14(11-23)12-27(25,26)22-20(24)21-19-17-7-3-5-15(17)9-16-6-4-8-18(16)19/h9,13-14H,3-8,10-12H2,1-2H3,(H2,21,22,24). The molecule has 1 heterocycles. The third-order valence-corrected chi connectivity index (χ3v) is 7.54. The summed E-state index contributed by atoms with van der Waals surface area (Å²) in [5.41, 5.74) is 5.92. The van der Waals surface area contributed by atoms with Gasteiger partial charge in [-0.2, -0.15) is 0 Å². The van der Waals surface area contributed by atoms with Crippen LogP contribution in [0.5, 0.6) is 0 Å². The van der Waals surface area contributed by atoms with E-state index in [2.05, 4.69) is 34.9 Å². The fraction of sp³-hybridized carbons (Fsp3) is 0.650. The van der Waals surface area contributed by atoms with Crippen LogP contribution in [0, 0.1) is 5.92 Å². The Balaban J connectivity index is 1.42. The van der Waals surface area contributed by atoms with Crippen molar-refractivity contribution >= 4 is 21.7 Å². The maximum atomic E-state index is 12.5. The molecule has 1 aromatic rings. The molecule has 0 saturated carbocycles. The van der Waals surface area contributed by atoms with Gasteiger partial charge in [-0.25, -0.2) is 17.9 Å². The predicted molar refractivity (Wildman–Crippen MR) is 107 cm³/mol. The van der Waals surface area contributed by atoms with Crippen LogP contribution in [0.2, 0.25) is 0 Å². The molecular weight excluding hydrogens is 362 g/mol. The average Bonchev–Trinajstić information content (AvgIpc) is 3.18. The van der Waals surface area contributed by atoms with E-state index in [1.165, 1.54) is 22.3 Å². The van der Waals surface area contributed by atoms with Crippen LogP contribution in [0.1, 0.15) is 48.9 Å². The van der Waals surface area contributed by atoms with Gasteiger partial charge in [0.15, 0.2) is 0 Å². The van der Waals surface area contributed by atoms with Crippen molar-refractivity contribution in [2.24, 2.45) is 5.92 Å². The number of rotatable bonds is 5. The molecule has 27 heavy (non-hydrogen) atoms. The monoisotopic (exact) mass is 391 g/mol. The van der Waals surface area contributed by atoms with Crippen LogP contribution in [0.4, 0.5) is 10.5 Å². The van der Waals surface area contributed by atoms with Gasteiger partial charge >= 0.3 is 6.03 Å². The van der Waals surface area contributed by atoms with Gasteiger partial charge in [-0.3, -0.25) is 0 Å². The highest BCUT2D eigenvalue weighted by Gasteiger charge is 2.33. The zero-order chi connectivity index (χ0) is 19.2. The van der Waals surface area contributed by atoms with Crippen molar-refractivity contribution in [3.8, 4) is 0 Å². The number of sulfonamides is 1. The van der Waals surface area contributed by atoms with Crippen LogP contribution < -0.4 is 10.0 Å². The lowest BCUT2D eigenvalue weighted by Gasteiger charge is -2.41. The maximum absolute atomic E-state index is 12.5. The summed E-state index contributed by atoms with van der Waals surface area (Å²) < 4.78 is 27.0. The van der Waals surface area contributed by atoms with Crippen LogP contribution in [0.15, 0.2) is 6.07 Å². The third kappa shape index (κ3) is 3.85. The Morgan fingerprint density at radius 1 is 1.11 bits per heavy atom. The van der Waals surface area contributed by atoms with Crippen molar-refractivity contribution in [3.63, 3.8) is 0 Å². The largest absolute Gasteiger partial charge is 0.332 e. The molecule has 4 rings (SSSR count). The number of benzene rings is 1. The van der Waals surface area contributed by atoms with Gasteiger partial charge in [0, 0.05) is 30.7 Å². The maximum Gasteiger partial charge on any atom is 0.332 e. The van der Waals surface area contributed by atoms with E-state index in [1.807, 2.05) is 0 Å². The molecule has 6 nitrogen and oxygen atoms in total. The number of hydrogen-bond acceptors (Lipinski definition) is 4. The summed E-state index contributed by atoms with van der Waals surface area (Å²) in [6.07, 6.45) is 6.20. The van der Waals surface area contributed by atoms with Gasteiger partial charge in [0.25, 0.3) is 0 Å². The quantitative estimate of drug-likeness (QED) is 0.808. The van der Waals surface area contributed by atoms with E-state index in [0.29, 0.717) is 6.04 Å². The molecule has 0 radical (unpaired) electrons. The average molecular weight is 392 g/mol. The second-order valence-electron chi connectivity index (χ2n) is 8.49. The normalized spacial score (nSPS) is 19.7. The number of nitrogens with zero attached hydrogens (tertiary/aromatic N) is 1. The van der Waals surface area contributed by atoms with Gasteiger partial charge in [0.05, 0.1) is 5.75 Å². The predicted octanol–water partition coefficient (Wildman–Crippen LogP) is 2.46. The van der Waals surface area contributed by atoms with E-state index in [-0.39, 0.29) is 11.7 Å². The minimum absolute atomic E-state index is 0.00858. The second-order valence-corrected chi connectivity index (χ2v) is 10.3. The highest BCUT2D eigenvalue weighted by molar-refractivity contribution is 7.90. The Labute approximate surface area is 161 Å². The molecule has 0 spiro atoms. The summed E-state index contributed by atoms with van der Waals surface area (Å²) in [4.78, 5) is 14.7. The molecule has 1 saturated heterocycles. The van der Waals surface area contributed by atoms with Crippen molar-refractivity contribution in [1.82, 2.24) is 9.62 Å². The van der Waals surface area contributed by atoms with Gasteiger partial charge in [-0.15, -0.1) is 0 Å². The van der Waals surface area contributed by atoms with Crippen LogP contribution in [-0.2, 0) is 35.7 Å². The van der Waals surface area contributed by atoms with E-state index < -0.39 is 16.1 Å². The van der Waals surface area contributed by atoms with Crippen LogP contribution in [0.3, 0.4) is 0 Å². The molecule has 1 aliphatic heterocycles. The summed E-state index contributed by atoms with van der Waals surface area (Å²) in [6.45, 7) is 5.76. The lowest BCUT2D eigenvalue weighted by Crippen LogP contribution is -2.53. The molecule has 148 valence electrons. The molecule has 0 aromatic heterocycles. The minimum atomic E-state index is -3.63. The SMILES string of the molecule is CC(C)N1CC(CS(=O)(=O)NC(=O)Nc2c3c(cc4c2CCC4)CCC3)C1. The van der Waals surface area contributed by atoms with E-state index >= 15 is 0 Å². The number of carbonyl (C=O) groups is 1. The highest BCUT2D eigenvalue weighted by Crippen LogP contribution is 2.38. The molecule has 0 bridgehead atoms. The zero-order valence-electron chi connectivity index (χ0n) is 16.2. The number of likely N-dealkylation sites (tertiary alicyclic amines) is 1. The first-order chi connectivity index (χ1) is 12.8. The fourth-order valence-corrected chi connectivity index (χ4v) is 5.98. The van der Waals surface area contributed by atoms with E-state index in [4.69, 9.17) is 0 Å². The number of amides is 2. The van der Waals surface area contributed by atoms with Gasteiger partial charge in [-0.05, 0) is 74.6 Å². The fourth-order valence-electron chi connectivity index (χ4n) is 4.74. The number of urea groups is 1. The summed E-state index contributed by atoms with van der Waals surface area (Å²) in [5.74, 6) is 0.109. The van der Waals surface area contributed by atoms with E-state index in [0.717, 1.165) is 57.3 Å². The number of anilines is 1. The first-order valence-corrected chi connectivity index (χ1v) is 11.7. The minimum Gasteiger partial charge on any atom is -0.307 e. The Bertz CT molecular complexity index is 825. The van der Waals surface area contributed by atoms with Gasteiger partial charge in [0.2, 0.25) is 10.0 Å². The Morgan fingerprint density at radius 2 is 1.70 bits per heavy atom. The van der Waals surface area contributed by atoms with Crippen molar-refractivity contribution < 1.29 is 13.2 Å². The molecule has 7 heteroatoms. The number of hydrogen-bond donors (Lipinski definition) is 2. The summed E-state index contributed by atoms with van der Waals surface area (Å²) in [7, 11) is -3.63. The number of fused-ring (bicyclic) bond motifs is 2. The van der Waals surface area contributed by atoms with Crippen LogP contribution in [-0.4, -0.2) is 44.2 Å². The molecule has 1 fully saturated rings. The summed E-state index contributed by atoms with van der Waals surface area (Å²) in [5, 5.41) is 2.90. The lowest BCUT2D eigenvalue weighted by molar-refractivity contribution is 0.0802. The van der Waals surface area contributed by atoms with Gasteiger partial charge < -0.3 is 10.2 Å². The molecule has 0 unspecified atom stereocenters. The molecule has 2 N–H and O–H groups in total. The smallest absolute Gasteiger partial charge is 0.307 e. The molecule has 0 atom stereocenters. The first kappa shape index (κ1) is 18.7. The Morgan fingerprint density at radius 3 is 2.26 bits per heavy atom. The van der Waals surface area contributed by atoms with Crippen LogP contribution in [0.25, 0.3) is 0 Å². The molecule has 2 amide bonds. The Hall–Kier alpha value is -1.60.